The Morgan fingerprint density at radius 3 is 2.56 bits per heavy atom. The molecule has 0 amide bonds. The molecule has 0 aromatic heterocycles. The Morgan fingerprint density at radius 1 is 1.39 bits per heavy atom. The zero-order valence-electron chi connectivity index (χ0n) is 12.0. The molecule has 1 saturated carbocycles. The first-order chi connectivity index (χ1) is 8.72. The third kappa shape index (κ3) is 4.24. The third-order valence-corrected chi connectivity index (χ3v) is 3.64. The minimum absolute atomic E-state index is 0.350. The van der Waals surface area contributed by atoms with Crippen molar-refractivity contribution < 1.29 is 4.74 Å². The van der Waals surface area contributed by atoms with Crippen LogP contribution < -0.4 is 5.32 Å². The molecule has 1 fully saturated rings. The number of nitriles is 1. The summed E-state index contributed by atoms with van der Waals surface area (Å²) in [5.74, 6) is 0.531. The van der Waals surface area contributed by atoms with Crippen LogP contribution in [0.2, 0.25) is 0 Å². The fraction of sp³-hybridized carbons (Fsp3) is 0.929. The number of hydrogen-bond donors (Lipinski definition) is 1. The molecule has 104 valence electrons. The van der Waals surface area contributed by atoms with Gasteiger partial charge in [-0.3, -0.25) is 10.2 Å². The molecular weight excluding hydrogens is 226 g/mol. The highest BCUT2D eigenvalue weighted by atomic mass is 16.5. The van der Waals surface area contributed by atoms with E-state index in [0.29, 0.717) is 5.92 Å². The van der Waals surface area contributed by atoms with E-state index in [2.05, 4.69) is 30.1 Å². The molecule has 4 nitrogen and oxygen atoms in total. The zero-order valence-corrected chi connectivity index (χ0v) is 12.0. The number of nitrogens with zero attached hydrogens (tertiary/aromatic N) is 2. The highest BCUT2D eigenvalue weighted by molar-refractivity contribution is 5.16. The summed E-state index contributed by atoms with van der Waals surface area (Å²) in [6.07, 6.45) is 2.37. The van der Waals surface area contributed by atoms with Crippen LogP contribution >= 0.6 is 0 Å². The Morgan fingerprint density at radius 2 is 2.11 bits per heavy atom. The molecule has 0 heterocycles. The second-order valence-corrected chi connectivity index (χ2v) is 4.95. The Labute approximate surface area is 111 Å². The van der Waals surface area contributed by atoms with Gasteiger partial charge in [-0.1, -0.05) is 13.8 Å². The van der Waals surface area contributed by atoms with Crippen molar-refractivity contribution in [2.45, 2.75) is 39.2 Å². The van der Waals surface area contributed by atoms with Crippen molar-refractivity contribution in [2.75, 3.05) is 39.4 Å². The Balaban J connectivity index is 2.54. The van der Waals surface area contributed by atoms with Crippen molar-refractivity contribution >= 4 is 0 Å². The second-order valence-electron chi connectivity index (χ2n) is 4.95. The second kappa shape index (κ2) is 7.73. The van der Waals surface area contributed by atoms with Crippen molar-refractivity contribution in [1.82, 2.24) is 10.2 Å². The lowest BCUT2D eigenvalue weighted by molar-refractivity contribution is 0.103. The lowest BCUT2D eigenvalue weighted by Gasteiger charge is -2.33. The summed E-state index contributed by atoms with van der Waals surface area (Å²) < 4.78 is 5.41. The Kier molecular flexibility index (Phi) is 6.62. The Hall–Kier alpha value is -0.630. The molecule has 0 spiro atoms. The number of ether oxygens (including phenoxy) is 1. The van der Waals surface area contributed by atoms with Crippen molar-refractivity contribution in [3.63, 3.8) is 0 Å². The predicted octanol–water partition coefficient (Wildman–Crippen LogP) is 1.63. The maximum Gasteiger partial charge on any atom is 0.122 e. The average molecular weight is 253 g/mol. The van der Waals surface area contributed by atoms with Crippen LogP contribution in [0.15, 0.2) is 0 Å². The average Bonchev–Trinajstić information content (AvgIpc) is 3.21. The van der Waals surface area contributed by atoms with Crippen molar-refractivity contribution in [3.8, 4) is 6.07 Å². The molecule has 1 aliphatic carbocycles. The summed E-state index contributed by atoms with van der Waals surface area (Å²) in [4.78, 5) is 2.32. The minimum Gasteiger partial charge on any atom is -0.380 e. The smallest absolute Gasteiger partial charge is 0.122 e. The van der Waals surface area contributed by atoms with Crippen LogP contribution in [-0.4, -0.2) is 49.8 Å². The van der Waals surface area contributed by atoms with Gasteiger partial charge in [0.1, 0.15) is 5.54 Å². The van der Waals surface area contributed by atoms with Crippen LogP contribution in [0.5, 0.6) is 0 Å². The van der Waals surface area contributed by atoms with E-state index in [9.17, 15) is 5.26 Å². The quantitative estimate of drug-likeness (QED) is 0.601. The van der Waals surface area contributed by atoms with E-state index in [1.165, 1.54) is 12.8 Å². The van der Waals surface area contributed by atoms with Crippen molar-refractivity contribution in [2.24, 2.45) is 5.92 Å². The summed E-state index contributed by atoms with van der Waals surface area (Å²) in [6, 6.07) is 2.54. The lowest BCUT2D eigenvalue weighted by Crippen LogP contribution is -2.54. The standard InChI is InChI=1S/C14H27N3O/c1-4-16-14(11-15,13-7-8-13)12-17(5-2)9-10-18-6-3/h13,16H,4-10,12H2,1-3H3. The first-order valence-electron chi connectivity index (χ1n) is 7.18. The fourth-order valence-electron chi connectivity index (χ4n) is 2.43. The molecular formula is C14H27N3O. The highest BCUT2D eigenvalue weighted by Crippen LogP contribution is 2.39. The van der Waals surface area contributed by atoms with Gasteiger partial charge in [0.15, 0.2) is 0 Å². The molecule has 0 aromatic rings. The van der Waals surface area contributed by atoms with Crippen LogP contribution in [0.1, 0.15) is 33.6 Å². The van der Waals surface area contributed by atoms with E-state index in [1.54, 1.807) is 0 Å². The van der Waals surface area contributed by atoms with Gasteiger partial charge in [-0.25, -0.2) is 0 Å². The van der Waals surface area contributed by atoms with Gasteiger partial charge in [-0.2, -0.15) is 5.26 Å². The zero-order chi connectivity index (χ0) is 13.4. The van der Waals surface area contributed by atoms with Gasteiger partial charge < -0.3 is 4.74 Å². The molecule has 0 saturated heterocycles. The molecule has 1 atom stereocenters. The minimum atomic E-state index is -0.350. The van der Waals surface area contributed by atoms with Crippen LogP contribution in [0.3, 0.4) is 0 Å². The van der Waals surface area contributed by atoms with E-state index in [4.69, 9.17) is 4.74 Å². The summed E-state index contributed by atoms with van der Waals surface area (Å²) in [5.41, 5.74) is -0.350. The molecule has 18 heavy (non-hydrogen) atoms. The molecule has 1 unspecified atom stereocenters. The van der Waals surface area contributed by atoms with Gasteiger partial charge in [-0.05, 0) is 38.8 Å². The predicted molar refractivity (Wildman–Crippen MR) is 73.4 cm³/mol. The summed E-state index contributed by atoms with van der Waals surface area (Å²) >= 11 is 0. The van der Waals surface area contributed by atoms with E-state index in [-0.39, 0.29) is 5.54 Å². The summed E-state index contributed by atoms with van der Waals surface area (Å²) in [5, 5.41) is 13.0. The van der Waals surface area contributed by atoms with Gasteiger partial charge in [-0.15, -0.1) is 0 Å². The number of rotatable bonds is 10. The summed E-state index contributed by atoms with van der Waals surface area (Å²) in [6.45, 7) is 11.3. The lowest BCUT2D eigenvalue weighted by atomic mass is 9.94. The van der Waals surface area contributed by atoms with Gasteiger partial charge in [0, 0.05) is 19.7 Å². The molecule has 0 bridgehead atoms. The SMILES string of the molecule is CCNC(C#N)(CN(CC)CCOCC)C1CC1. The number of hydrogen-bond acceptors (Lipinski definition) is 4. The van der Waals surface area contributed by atoms with Gasteiger partial charge in [0.05, 0.1) is 12.7 Å². The molecule has 4 heteroatoms. The van der Waals surface area contributed by atoms with E-state index >= 15 is 0 Å². The van der Waals surface area contributed by atoms with Crippen LogP contribution in [-0.2, 0) is 4.74 Å². The fourth-order valence-corrected chi connectivity index (χ4v) is 2.43. The first kappa shape index (κ1) is 15.4. The monoisotopic (exact) mass is 253 g/mol. The molecule has 1 rings (SSSR count). The molecule has 0 aliphatic heterocycles. The largest absolute Gasteiger partial charge is 0.380 e. The van der Waals surface area contributed by atoms with E-state index in [0.717, 1.165) is 39.4 Å². The molecule has 1 aliphatic rings. The van der Waals surface area contributed by atoms with E-state index in [1.807, 2.05) is 6.92 Å². The molecule has 0 aromatic carbocycles. The van der Waals surface area contributed by atoms with Crippen molar-refractivity contribution in [1.29, 1.82) is 5.26 Å². The summed E-state index contributed by atoms with van der Waals surface area (Å²) in [7, 11) is 0. The maximum atomic E-state index is 9.56. The van der Waals surface area contributed by atoms with Crippen molar-refractivity contribution in [3.05, 3.63) is 0 Å². The topological polar surface area (TPSA) is 48.3 Å². The first-order valence-corrected chi connectivity index (χ1v) is 7.18. The van der Waals surface area contributed by atoms with Crippen LogP contribution in [0.25, 0.3) is 0 Å². The van der Waals surface area contributed by atoms with Gasteiger partial charge >= 0.3 is 0 Å². The molecule has 1 N–H and O–H groups in total. The third-order valence-electron chi connectivity index (χ3n) is 3.64. The highest BCUT2D eigenvalue weighted by Gasteiger charge is 2.45. The number of likely N-dealkylation sites (N-methyl/N-ethyl adjacent to an activating group) is 2. The number of nitrogens with one attached hydrogen (secondary N) is 1. The van der Waals surface area contributed by atoms with Gasteiger partial charge in [0.2, 0.25) is 0 Å². The van der Waals surface area contributed by atoms with E-state index < -0.39 is 0 Å². The normalized spacial score (nSPS) is 18.6. The van der Waals surface area contributed by atoms with Crippen LogP contribution in [0.4, 0.5) is 0 Å². The van der Waals surface area contributed by atoms with Gasteiger partial charge in [0.25, 0.3) is 0 Å². The Bertz CT molecular complexity index is 273. The maximum absolute atomic E-state index is 9.56. The van der Waals surface area contributed by atoms with Crippen LogP contribution in [0, 0.1) is 17.2 Å². The molecule has 0 radical (unpaired) electrons.